The first kappa shape index (κ1) is 65.3. The highest BCUT2D eigenvalue weighted by molar-refractivity contribution is 5.71. The predicted octanol–water partition coefficient (Wildman–Crippen LogP) is 19.3. The summed E-state index contributed by atoms with van der Waals surface area (Å²) in [4.78, 5) is 38.1. The summed E-state index contributed by atoms with van der Waals surface area (Å²) in [6.45, 7) is 6.52. The third-order valence-corrected chi connectivity index (χ3v) is 12.0. The van der Waals surface area contributed by atoms with Crippen LogP contribution in [0.4, 0.5) is 0 Å². The molecular weight excluding hydrogens is 853 g/mol. The number of unbranched alkanes of at least 4 members (excludes halogenated alkanes) is 24. The number of carbonyl (C=O) groups is 3. The molecular formula is C63H106O6. The molecule has 0 bridgehead atoms. The van der Waals surface area contributed by atoms with E-state index in [-0.39, 0.29) is 31.1 Å². The minimum absolute atomic E-state index is 0.108. The zero-order valence-corrected chi connectivity index (χ0v) is 45.0. The highest BCUT2D eigenvalue weighted by Crippen LogP contribution is 2.14. The zero-order valence-electron chi connectivity index (χ0n) is 45.0. The fourth-order valence-corrected chi connectivity index (χ4v) is 7.66. The molecule has 0 radical (unpaired) electrons. The molecule has 0 aromatic rings. The average Bonchev–Trinajstić information content (AvgIpc) is 3.35. The summed E-state index contributed by atoms with van der Waals surface area (Å²) >= 11 is 0. The van der Waals surface area contributed by atoms with Crippen LogP contribution in [0.15, 0.2) is 97.2 Å². The average molecular weight is 960 g/mol. The Labute approximate surface area is 426 Å². The van der Waals surface area contributed by atoms with Gasteiger partial charge in [-0.3, -0.25) is 14.4 Å². The van der Waals surface area contributed by atoms with Gasteiger partial charge in [-0.2, -0.15) is 0 Å². The Bertz CT molecular complexity index is 1380. The van der Waals surface area contributed by atoms with Gasteiger partial charge in [0, 0.05) is 19.3 Å². The second-order valence-electron chi connectivity index (χ2n) is 18.8. The van der Waals surface area contributed by atoms with Gasteiger partial charge in [-0.1, -0.05) is 214 Å². The molecule has 6 nitrogen and oxygen atoms in total. The molecule has 0 aliphatic rings. The van der Waals surface area contributed by atoms with Gasteiger partial charge in [0.1, 0.15) is 13.2 Å². The van der Waals surface area contributed by atoms with E-state index in [1.165, 1.54) is 128 Å². The maximum Gasteiger partial charge on any atom is 0.306 e. The molecule has 0 rings (SSSR count). The van der Waals surface area contributed by atoms with E-state index >= 15 is 0 Å². The van der Waals surface area contributed by atoms with Gasteiger partial charge >= 0.3 is 17.9 Å². The molecule has 0 spiro atoms. The van der Waals surface area contributed by atoms with Gasteiger partial charge < -0.3 is 14.2 Å². The van der Waals surface area contributed by atoms with Crippen LogP contribution in [-0.2, 0) is 28.6 Å². The van der Waals surface area contributed by atoms with Crippen molar-refractivity contribution in [1.82, 2.24) is 0 Å². The minimum atomic E-state index is -0.810. The van der Waals surface area contributed by atoms with Crippen molar-refractivity contribution < 1.29 is 28.6 Å². The molecule has 6 heteroatoms. The predicted molar refractivity (Wildman–Crippen MR) is 297 cm³/mol. The monoisotopic (exact) mass is 959 g/mol. The van der Waals surface area contributed by atoms with Crippen molar-refractivity contribution in [2.45, 2.75) is 271 Å². The second kappa shape index (κ2) is 56.9. The Morgan fingerprint density at radius 1 is 0.290 bits per heavy atom. The molecule has 0 saturated carbocycles. The number of carbonyl (C=O) groups excluding carboxylic acids is 3. The van der Waals surface area contributed by atoms with Gasteiger partial charge in [0.05, 0.1) is 0 Å². The number of esters is 3. The number of hydrogen-bond donors (Lipinski definition) is 0. The van der Waals surface area contributed by atoms with E-state index in [1.807, 2.05) is 0 Å². The van der Waals surface area contributed by atoms with Crippen LogP contribution in [0.25, 0.3) is 0 Å². The maximum absolute atomic E-state index is 12.9. The lowest BCUT2D eigenvalue weighted by atomic mass is 10.1. The summed E-state index contributed by atoms with van der Waals surface area (Å²) in [6.07, 6.45) is 75.3. The summed E-state index contributed by atoms with van der Waals surface area (Å²) in [5.41, 5.74) is 0. The summed E-state index contributed by atoms with van der Waals surface area (Å²) in [7, 11) is 0. The molecule has 69 heavy (non-hydrogen) atoms. The second-order valence-corrected chi connectivity index (χ2v) is 18.8. The largest absolute Gasteiger partial charge is 0.462 e. The summed E-state index contributed by atoms with van der Waals surface area (Å²) < 4.78 is 16.8. The van der Waals surface area contributed by atoms with Crippen molar-refractivity contribution in [1.29, 1.82) is 0 Å². The van der Waals surface area contributed by atoms with E-state index in [1.54, 1.807) is 0 Å². The fourth-order valence-electron chi connectivity index (χ4n) is 7.66. The molecule has 0 aromatic carbocycles. The molecule has 0 aliphatic carbocycles. The molecule has 0 heterocycles. The van der Waals surface area contributed by atoms with E-state index in [4.69, 9.17) is 14.2 Å². The molecule has 0 aromatic heterocycles. The Hall–Kier alpha value is -3.67. The number of hydrogen-bond acceptors (Lipinski definition) is 6. The quantitative estimate of drug-likeness (QED) is 0.0262. The Kier molecular flexibility index (Phi) is 53.9. The standard InChI is InChI=1S/C63H106O6/c1-4-7-10-13-16-19-22-25-28-30-31-33-35-38-41-44-47-50-53-56-62(65)68-59-60(58-67-61(64)55-52-49-46-43-40-37-34-27-24-21-18-15-12-9-6-3)69-63(66)57-54-51-48-45-42-39-36-32-29-26-23-20-17-14-11-8-5-2/h16,18-19,21,25-29,31,33-34,38,40-41,43,60H,4-15,17,20,22-24,30,32,35-37,39,42,44-59H2,1-3H3/b19-16-,21-18-,28-25-,29-26-,33-31-,34-27-,41-38-,43-40-/t60-/m0/s1. The lowest BCUT2D eigenvalue weighted by molar-refractivity contribution is -0.167. The number of ether oxygens (including phenoxy) is 3. The van der Waals surface area contributed by atoms with Crippen LogP contribution in [-0.4, -0.2) is 37.2 Å². The third kappa shape index (κ3) is 55.1. The van der Waals surface area contributed by atoms with Gasteiger partial charge in [0.2, 0.25) is 0 Å². The van der Waals surface area contributed by atoms with Crippen molar-refractivity contribution in [2.75, 3.05) is 13.2 Å². The highest BCUT2D eigenvalue weighted by Gasteiger charge is 2.19. The minimum Gasteiger partial charge on any atom is -0.462 e. The van der Waals surface area contributed by atoms with Crippen molar-refractivity contribution in [2.24, 2.45) is 0 Å². The van der Waals surface area contributed by atoms with E-state index in [0.29, 0.717) is 19.3 Å². The Morgan fingerprint density at radius 3 is 0.899 bits per heavy atom. The highest BCUT2D eigenvalue weighted by atomic mass is 16.6. The van der Waals surface area contributed by atoms with Gasteiger partial charge in [-0.05, 0) is 128 Å². The van der Waals surface area contributed by atoms with E-state index < -0.39 is 6.10 Å². The van der Waals surface area contributed by atoms with Crippen LogP contribution < -0.4 is 0 Å². The van der Waals surface area contributed by atoms with E-state index in [9.17, 15) is 14.4 Å². The van der Waals surface area contributed by atoms with Gasteiger partial charge in [0.25, 0.3) is 0 Å². The van der Waals surface area contributed by atoms with Gasteiger partial charge in [0.15, 0.2) is 6.10 Å². The lowest BCUT2D eigenvalue weighted by Crippen LogP contribution is -2.30. The summed E-state index contributed by atoms with van der Waals surface area (Å²) in [5, 5.41) is 0. The molecule has 1 atom stereocenters. The Morgan fingerprint density at radius 2 is 0.522 bits per heavy atom. The van der Waals surface area contributed by atoms with Gasteiger partial charge in [-0.25, -0.2) is 0 Å². The van der Waals surface area contributed by atoms with Crippen LogP contribution >= 0.6 is 0 Å². The van der Waals surface area contributed by atoms with Gasteiger partial charge in [-0.15, -0.1) is 0 Å². The molecule has 0 N–H and O–H groups in total. The van der Waals surface area contributed by atoms with Crippen LogP contribution in [0.5, 0.6) is 0 Å². The Balaban J connectivity index is 4.51. The number of allylic oxidation sites excluding steroid dienone is 16. The smallest absolute Gasteiger partial charge is 0.306 e. The zero-order chi connectivity index (χ0) is 50.0. The molecule has 0 amide bonds. The first-order valence-electron chi connectivity index (χ1n) is 28.7. The van der Waals surface area contributed by atoms with Crippen LogP contribution in [0.1, 0.15) is 265 Å². The maximum atomic E-state index is 12.9. The molecule has 394 valence electrons. The molecule has 0 saturated heterocycles. The van der Waals surface area contributed by atoms with Crippen LogP contribution in [0.3, 0.4) is 0 Å². The van der Waals surface area contributed by atoms with E-state index in [2.05, 4.69) is 118 Å². The first-order chi connectivity index (χ1) is 34.0. The van der Waals surface area contributed by atoms with Crippen LogP contribution in [0.2, 0.25) is 0 Å². The summed E-state index contributed by atoms with van der Waals surface area (Å²) in [5.74, 6) is -0.977. The van der Waals surface area contributed by atoms with Crippen molar-refractivity contribution in [3.63, 3.8) is 0 Å². The molecule has 0 fully saturated rings. The van der Waals surface area contributed by atoms with Crippen molar-refractivity contribution in [3.8, 4) is 0 Å². The SMILES string of the molecule is CCCCC/C=C\C/C=C\C/C=C\C/C=C\CCCCCC(=O)OC[C@H](COC(=O)CCCC/C=C\C/C=C\C/C=C\CCCCC)OC(=O)CCCCCCCCC/C=C\CCCCCCCC. The normalized spacial score (nSPS) is 12.8. The molecule has 0 aliphatic heterocycles. The number of rotatable bonds is 51. The third-order valence-electron chi connectivity index (χ3n) is 12.0. The summed E-state index contributed by atoms with van der Waals surface area (Å²) in [6, 6.07) is 0. The van der Waals surface area contributed by atoms with E-state index in [0.717, 1.165) is 96.3 Å². The fraction of sp³-hybridized carbons (Fsp3) is 0.698. The van der Waals surface area contributed by atoms with Crippen LogP contribution in [0, 0.1) is 0 Å². The first-order valence-corrected chi connectivity index (χ1v) is 28.7. The van der Waals surface area contributed by atoms with Crippen molar-refractivity contribution >= 4 is 17.9 Å². The van der Waals surface area contributed by atoms with Crippen molar-refractivity contribution in [3.05, 3.63) is 97.2 Å². The topological polar surface area (TPSA) is 78.9 Å². The lowest BCUT2D eigenvalue weighted by Gasteiger charge is -2.18. The molecule has 0 unspecified atom stereocenters.